The first-order valence-corrected chi connectivity index (χ1v) is 9.42. The molecule has 138 valence electrons. The molecule has 0 N–H and O–H groups in total. The zero-order chi connectivity index (χ0) is 19.3. The fourth-order valence-electron chi connectivity index (χ4n) is 3.58. The third kappa shape index (κ3) is 2.34. The molecule has 3 heterocycles. The first kappa shape index (κ1) is 16.6. The minimum atomic E-state index is -0.0800. The maximum Gasteiger partial charge on any atom is 0.265 e. The fraction of sp³-hybridized carbons (Fsp3) is 0.182. The topological polar surface area (TPSA) is 65.6 Å². The van der Waals surface area contributed by atoms with Crippen molar-refractivity contribution in [3.63, 3.8) is 0 Å². The van der Waals surface area contributed by atoms with Crippen LogP contribution in [0.2, 0.25) is 0 Å². The van der Waals surface area contributed by atoms with E-state index in [9.17, 15) is 4.79 Å². The summed E-state index contributed by atoms with van der Waals surface area (Å²) in [6.07, 6.45) is 2.48. The number of fused-ring (bicyclic) bond motifs is 4. The van der Waals surface area contributed by atoms with Gasteiger partial charge in [0.25, 0.3) is 5.56 Å². The SMILES string of the molecule is CC[C@@H](C)n1cnc2c(c1=O)c1nc3ccccc3nc1n2-c1ccccc1. The zero-order valence-electron chi connectivity index (χ0n) is 15.7. The van der Waals surface area contributed by atoms with Gasteiger partial charge in [-0.2, -0.15) is 0 Å². The summed E-state index contributed by atoms with van der Waals surface area (Å²) in [5.41, 5.74) is 4.20. The molecule has 0 saturated heterocycles. The van der Waals surface area contributed by atoms with Gasteiger partial charge in [0.15, 0.2) is 11.3 Å². The Bertz CT molecular complexity index is 1380. The van der Waals surface area contributed by atoms with Crippen molar-refractivity contribution in [3.05, 3.63) is 71.3 Å². The van der Waals surface area contributed by atoms with Crippen LogP contribution < -0.4 is 5.56 Å². The standard InChI is InChI=1S/C22H19N5O/c1-3-14(2)26-13-23-20-18(22(26)28)19-21(27(20)15-9-5-4-6-10-15)25-17-12-8-7-11-16(17)24-19/h4-14H,3H2,1-2H3/t14-/m1/s1. The van der Waals surface area contributed by atoms with E-state index in [-0.39, 0.29) is 11.6 Å². The molecule has 0 saturated carbocycles. The molecule has 3 aromatic heterocycles. The van der Waals surface area contributed by atoms with E-state index in [4.69, 9.17) is 9.97 Å². The summed E-state index contributed by atoms with van der Waals surface area (Å²) in [7, 11) is 0. The Morgan fingerprint density at radius 3 is 2.32 bits per heavy atom. The molecule has 6 nitrogen and oxygen atoms in total. The molecule has 6 heteroatoms. The summed E-state index contributed by atoms with van der Waals surface area (Å²) < 4.78 is 3.61. The van der Waals surface area contributed by atoms with Crippen molar-refractivity contribution in [1.82, 2.24) is 24.1 Å². The van der Waals surface area contributed by atoms with Gasteiger partial charge in [0, 0.05) is 11.7 Å². The quantitative estimate of drug-likeness (QED) is 0.477. The predicted molar refractivity (Wildman–Crippen MR) is 111 cm³/mol. The van der Waals surface area contributed by atoms with E-state index < -0.39 is 0 Å². The molecule has 0 amide bonds. The van der Waals surface area contributed by atoms with Crippen molar-refractivity contribution in [2.24, 2.45) is 0 Å². The number of nitrogens with zero attached hydrogens (tertiary/aromatic N) is 5. The summed E-state index contributed by atoms with van der Waals surface area (Å²) in [5.74, 6) is 0. The van der Waals surface area contributed by atoms with Gasteiger partial charge in [-0.1, -0.05) is 37.3 Å². The highest BCUT2D eigenvalue weighted by Crippen LogP contribution is 2.28. The normalized spacial score (nSPS) is 12.8. The van der Waals surface area contributed by atoms with Crippen LogP contribution in [-0.2, 0) is 0 Å². The van der Waals surface area contributed by atoms with E-state index in [1.165, 1.54) is 0 Å². The molecule has 5 aromatic rings. The average molecular weight is 369 g/mol. The summed E-state index contributed by atoms with van der Waals surface area (Å²) in [4.78, 5) is 27.7. The summed E-state index contributed by atoms with van der Waals surface area (Å²) in [6.45, 7) is 4.08. The number of hydrogen-bond acceptors (Lipinski definition) is 4. The Hall–Kier alpha value is -3.54. The second-order valence-corrected chi connectivity index (χ2v) is 6.97. The van der Waals surface area contributed by atoms with E-state index in [2.05, 4.69) is 11.9 Å². The van der Waals surface area contributed by atoms with Gasteiger partial charge in [0.05, 0.1) is 11.0 Å². The number of hydrogen-bond donors (Lipinski definition) is 0. The van der Waals surface area contributed by atoms with Crippen molar-refractivity contribution in [3.8, 4) is 5.69 Å². The molecule has 1 atom stereocenters. The van der Waals surface area contributed by atoms with Gasteiger partial charge < -0.3 is 0 Å². The highest BCUT2D eigenvalue weighted by atomic mass is 16.1. The third-order valence-electron chi connectivity index (χ3n) is 5.27. The smallest absolute Gasteiger partial charge is 0.265 e. The third-order valence-corrected chi connectivity index (χ3v) is 5.27. The molecule has 0 aliphatic carbocycles. The molecule has 0 aliphatic rings. The molecule has 0 spiro atoms. The number of aromatic nitrogens is 5. The Balaban J connectivity index is 2.00. The molecule has 2 aromatic carbocycles. The van der Waals surface area contributed by atoms with Crippen LogP contribution in [0.5, 0.6) is 0 Å². The molecule has 5 rings (SSSR count). The maximum absolute atomic E-state index is 13.4. The number of para-hydroxylation sites is 3. The van der Waals surface area contributed by atoms with E-state index in [1.807, 2.05) is 66.1 Å². The average Bonchev–Trinajstić information content (AvgIpc) is 3.06. The van der Waals surface area contributed by atoms with Gasteiger partial charge >= 0.3 is 0 Å². The second kappa shape index (κ2) is 6.27. The van der Waals surface area contributed by atoms with Crippen LogP contribution in [0.25, 0.3) is 38.9 Å². The molecule has 28 heavy (non-hydrogen) atoms. The van der Waals surface area contributed by atoms with Crippen LogP contribution in [0, 0.1) is 0 Å². The van der Waals surface area contributed by atoms with Crippen molar-refractivity contribution in [1.29, 1.82) is 0 Å². The van der Waals surface area contributed by atoms with Crippen LogP contribution in [0.15, 0.2) is 65.7 Å². The lowest BCUT2D eigenvalue weighted by molar-refractivity contribution is 0.510. The van der Waals surface area contributed by atoms with E-state index in [0.717, 1.165) is 23.1 Å². The molecule has 0 fully saturated rings. The van der Waals surface area contributed by atoms with E-state index in [1.54, 1.807) is 10.9 Å². The van der Waals surface area contributed by atoms with Crippen molar-refractivity contribution < 1.29 is 0 Å². The second-order valence-electron chi connectivity index (χ2n) is 6.97. The molecular weight excluding hydrogens is 350 g/mol. The molecular formula is C22H19N5O. The lowest BCUT2D eigenvalue weighted by Gasteiger charge is -2.12. The Labute approximate surface area is 161 Å². The highest BCUT2D eigenvalue weighted by molar-refractivity contribution is 6.05. The van der Waals surface area contributed by atoms with Crippen molar-refractivity contribution >= 4 is 33.2 Å². The lowest BCUT2D eigenvalue weighted by atomic mass is 10.2. The number of benzene rings is 2. The predicted octanol–water partition coefficient (Wildman–Crippen LogP) is 4.25. The molecule has 0 aliphatic heterocycles. The van der Waals surface area contributed by atoms with Crippen LogP contribution in [0.4, 0.5) is 0 Å². The van der Waals surface area contributed by atoms with E-state index >= 15 is 0 Å². The van der Waals surface area contributed by atoms with Gasteiger partial charge in [-0.3, -0.25) is 13.9 Å². The number of rotatable bonds is 3. The van der Waals surface area contributed by atoms with Crippen LogP contribution in [-0.4, -0.2) is 24.1 Å². The Kier molecular flexibility index (Phi) is 3.72. The van der Waals surface area contributed by atoms with Crippen LogP contribution >= 0.6 is 0 Å². The monoisotopic (exact) mass is 369 g/mol. The van der Waals surface area contributed by atoms with Gasteiger partial charge in [-0.05, 0) is 37.6 Å². The zero-order valence-corrected chi connectivity index (χ0v) is 15.7. The first-order chi connectivity index (χ1) is 13.7. The first-order valence-electron chi connectivity index (χ1n) is 9.42. The van der Waals surface area contributed by atoms with Crippen molar-refractivity contribution in [2.45, 2.75) is 26.3 Å². The highest BCUT2D eigenvalue weighted by Gasteiger charge is 2.21. The summed E-state index contributed by atoms with van der Waals surface area (Å²) in [6, 6.07) is 17.6. The largest absolute Gasteiger partial charge is 0.296 e. The minimum absolute atomic E-state index is 0.0629. The van der Waals surface area contributed by atoms with Crippen LogP contribution in [0.1, 0.15) is 26.3 Å². The van der Waals surface area contributed by atoms with Crippen LogP contribution in [0.3, 0.4) is 0 Å². The van der Waals surface area contributed by atoms with Gasteiger partial charge in [-0.15, -0.1) is 0 Å². The Morgan fingerprint density at radius 1 is 0.929 bits per heavy atom. The summed E-state index contributed by atoms with van der Waals surface area (Å²) in [5, 5.41) is 0.514. The van der Waals surface area contributed by atoms with E-state index in [0.29, 0.717) is 22.2 Å². The van der Waals surface area contributed by atoms with Crippen molar-refractivity contribution in [2.75, 3.05) is 0 Å². The Morgan fingerprint density at radius 2 is 1.61 bits per heavy atom. The summed E-state index contributed by atoms with van der Waals surface area (Å²) >= 11 is 0. The fourth-order valence-corrected chi connectivity index (χ4v) is 3.58. The maximum atomic E-state index is 13.4. The molecule has 0 unspecified atom stereocenters. The molecule has 0 bridgehead atoms. The lowest BCUT2D eigenvalue weighted by Crippen LogP contribution is -2.23. The van der Waals surface area contributed by atoms with Gasteiger partial charge in [0.2, 0.25) is 0 Å². The van der Waals surface area contributed by atoms with Gasteiger partial charge in [-0.25, -0.2) is 15.0 Å². The minimum Gasteiger partial charge on any atom is -0.296 e. The molecule has 0 radical (unpaired) electrons. The van der Waals surface area contributed by atoms with Gasteiger partial charge in [0.1, 0.15) is 17.2 Å².